The summed E-state index contributed by atoms with van der Waals surface area (Å²) in [6.45, 7) is 5.95. The molecule has 0 saturated heterocycles. The Labute approximate surface area is 162 Å². The summed E-state index contributed by atoms with van der Waals surface area (Å²) < 4.78 is 0. The van der Waals surface area contributed by atoms with E-state index >= 15 is 0 Å². The van der Waals surface area contributed by atoms with Crippen LogP contribution >= 0.6 is 0 Å². The van der Waals surface area contributed by atoms with Gasteiger partial charge in [0.05, 0.1) is 16.8 Å². The van der Waals surface area contributed by atoms with Crippen LogP contribution in [-0.4, -0.2) is 28.9 Å². The van der Waals surface area contributed by atoms with Crippen molar-refractivity contribution in [2.45, 2.75) is 39.5 Å². The summed E-state index contributed by atoms with van der Waals surface area (Å²) in [5.74, 6) is 0.118. The number of aromatic nitrogens is 1. The van der Waals surface area contributed by atoms with Crippen molar-refractivity contribution in [1.82, 2.24) is 9.88 Å². The van der Waals surface area contributed by atoms with Crippen molar-refractivity contribution in [3.05, 3.63) is 66.2 Å². The van der Waals surface area contributed by atoms with Crippen molar-refractivity contribution in [1.29, 1.82) is 0 Å². The van der Waals surface area contributed by atoms with Crippen LogP contribution < -0.4 is 0 Å². The normalized spacial score (nSPS) is 10.9. The molecule has 0 atom stereocenters. The van der Waals surface area contributed by atoms with Gasteiger partial charge in [-0.05, 0) is 25.0 Å². The van der Waals surface area contributed by atoms with E-state index < -0.39 is 0 Å². The number of pyridine rings is 1. The minimum absolute atomic E-state index is 0.118. The predicted octanol–water partition coefficient (Wildman–Crippen LogP) is 5.94. The first-order chi connectivity index (χ1) is 13.2. The second-order valence-corrected chi connectivity index (χ2v) is 6.94. The highest BCUT2D eigenvalue weighted by molar-refractivity contribution is 6.07. The van der Waals surface area contributed by atoms with Gasteiger partial charge in [0.2, 0.25) is 0 Å². The molecule has 0 bridgehead atoms. The summed E-state index contributed by atoms with van der Waals surface area (Å²) in [5, 5.41) is 0.931. The molecule has 0 N–H and O–H groups in total. The van der Waals surface area contributed by atoms with Crippen molar-refractivity contribution in [3.8, 4) is 11.3 Å². The second-order valence-electron chi connectivity index (χ2n) is 6.94. The number of carbonyl (C=O) groups excluding carboxylic acids is 1. The Morgan fingerprint density at radius 1 is 0.889 bits per heavy atom. The van der Waals surface area contributed by atoms with Crippen LogP contribution in [0.15, 0.2) is 60.7 Å². The highest BCUT2D eigenvalue weighted by atomic mass is 16.2. The molecule has 0 fully saturated rings. The lowest BCUT2D eigenvalue weighted by Crippen LogP contribution is -2.33. The number of nitrogens with zero attached hydrogens (tertiary/aromatic N) is 2. The van der Waals surface area contributed by atoms with E-state index in [0.29, 0.717) is 0 Å². The van der Waals surface area contributed by atoms with Gasteiger partial charge < -0.3 is 4.90 Å². The molecule has 0 radical (unpaired) electrons. The third-order valence-corrected chi connectivity index (χ3v) is 4.87. The number of hydrogen-bond donors (Lipinski definition) is 0. The van der Waals surface area contributed by atoms with Crippen molar-refractivity contribution in [3.63, 3.8) is 0 Å². The van der Waals surface area contributed by atoms with E-state index in [1.165, 1.54) is 0 Å². The average Bonchev–Trinajstić information content (AvgIpc) is 2.73. The van der Waals surface area contributed by atoms with Gasteiger partial charge in [0, 0.05) is 24.0 Å². The first-order valence-corrected chi connectivity index (χ1v) is 9.99. The van der Waals surface area contributed by atoms with Gasteiger partial charge in [0.25, 0.3) is 5.91 Å². The molecule has 3 nitrogen and oxygen atoms in total. The maximum absolute atomic E-state index is 13.5. The number of para-hydroxylation sites is 1. The van der Waals surface area contributed by atoms with Gasteiger partial charge in [0.1, 0.15) is 0 Å². The largest absolute Gasteiger partial charge is 0.339 e. The molecule has 140 valence electrons. The van der Waals surface area contributed by atoms with Gasteiger partial charge in [0.15, 0.2) is 0 Å². The number of fused-ring (bicyclic) bond motifs is 1. The molecule has 1 amide bonds. The molecule has 2 aromatic carbocycles. The second kappa shape index (κ2) is 9.31. The molecule has 0 spiro atoms. The van der Waals surface area contributed by atoms with Crippen LogP contribution in [0.5, 0.6) is 0 Å². The SMILES string of the molecule is CCCCN(CCCC)C(=O)c1cc(-c2ccccc2)nc2ccccc12. The van der Waals surface area contributed by atoms with Gasteiger partial charge in [-0.15, -0.1) is 0 Å². The van der Waals surface area contributed by atoms with Crippen LogP contribution in [0.2, 0.25) is 0 Å². The van der Waals surface area contributed by atoms with E-state index in [4.69, 9.17) is 4.98 Å². The van der Waals surface area contributed by atoms with Crippen LogP contribution in [0, 0.1) is 0 Å². The summed E-state index contributed by atoms with van der Waals surface area (Å²) >= 11 is 0. The fourth-order valence-electron chi connectivity index (χ4n) is 3.29. The zero-order valence-corrected chi connectivity index (χ0v) is 16.3. The molecule has 0 aliphatic rings. The Morgan fingerprint density at radius 2 is 1.52 bits per heavy atom. The molecular weight excluding hydrogens is 332 g/mol. The summed E-state index contributed by atoms with van der Waals surface area (Å²) in [6.07, 6.45) is 4.23. The van der Waals surface area contributed by atoms with E-state index in [1.807, 2.05) is 65.6 Å². The number of amides is 1. The number of rotatable bonds is 8. The minimum atomic E-state index is 0.118. The summed E-state index contributed by atoms with van der Waals surface area (Å²) in [6, 6.07) is 20.0. The number of benzene rings is 2. The van der Waals surface area contributed by atoms with Gasteiger partial charge in [-0.3, -0.25) is 4.79 Å². The molecule has 1 aromatic heterocycles. The number of carbonyl (C=O) groups is 1. The van der Waals surface area contributed by atoms with E-state index in [0.717, 1.165) is 66.5 Å². The highest BCUT2D eigenvalue weighted by Crippen LogP contribution is 2.26. The van der Waals surface area contributed by atoms with Crippen molar-refractivity contribution < 1.29 is 4.79 Å². The van der Waals surface area contributed by atoms with E-state index in [9.17, 15) is 4.79 Å². The van der Waals surface area contributed by atoms with E-state index in [1.54, 1.807) is 0 Å². The summed E-state index contributed by atoms with van der Waals surface area (Å²) in [5.41, 5.74) is 3.51. The molecular formula is C24H28N2O. The van der Waals surface area contributed by atoms with Crippen LogP contribution in [0.25, 0.3) is 22.2 Å². The third-order valence-electron chi connectivity index (χ3n) is 4.87. The monoisotopic (exact) mass is 360 g/mol. The lowest BCUT2D eigenvalue weighted by Gasteiger charge is -2.23. The quantitative estimate of drug-likeness (QED) is 0.498. The molecule has 0 saturated carbocycles. The zero-order valence-electron chi connectivity index (χ0n) is 16.3. The van der Waals surface area contributed by atoms with E-state index in [-0.39, 0.29) is 5.91 Å². The van der Waals surface area contributed by atoms with Crippen LogP contribution in [-0.2, 0) is 0 Å². The lowest BCUT2D eigenvalue weighted by molar-refractivity contribution is 0.0753. The minimum Gasteiger partial charge on any atom is -0.339 e. The third kappa shape index (κ3) is 4.54. The topological polar surface area (TPSA) is 33.2 Å². The van der Waals surface area contributed by atoms with Crippen LogP contribution in [0.3, 0.4) is 0 Å². The van der Waals surface area contributed by atoms with Crippen molar-refractivity contribution in [2.75, 3.05) is 13.1 Å². The zero-order chi connectivity index (χ0) is 19.1. The number of unbranched alkanes of at least 4 members (excludes halogenated alkanes) is 2. The standard InChI is InChI=1S/C24H28N2O/c1-3-5-16-26(17-6-4-2)24(27)21-18-23(19-12-8-7-9-13-19)25-22-15-11-10-14-20(21)22/h7-15,18H,3-6,16-17H2,1-2H3. The molecule has 3 heteroatoms. The Bertz CT molecular complexity index is 881. The maximum atomic E-state index is 13.5. The van der Waals surface area contributed by atoms with Gasteiger partial charge in [-0.1, -0.05) is 75.2 Å². The Kier molecular flexibility index (Phi) is 6.59. The Morgan fingerprint density at radius 3 is 2.19 bits per heavy atom. The highest BCUT2D eigenvalue weighted by Gasteiger charge is 2.19. The molecule has 0 aliphatic carbocycles. The van der Waals surface area contributed by atoms with Crippen molar-refractivity contribution in [2.24, 2.45) is 0 Å². The molecule has 3 rings (SSSR count). The van der Waals surface area contributed by atoms with Gasteiger partial charge >= 0.3 is 0 Å². The molecule has 3 aromatic rings. The number of hydrogen-bond acceptors (Lipinski definition) is 2. The van der Waals surface area contributed by atoms with Crippen molar-refractivity contribution >= 4 is 16.8 Å². The summed E-state index contributed by atoms with van der Waals surface area (Å²) in [7, 11) is 0. The first kappa shape index (κ1) is 19.1. The fourth-order valence-corrected chi connectivity index (χ4v) is 3.29. The molecule has 0 aliphatic heterocycles. The maximum Gasteiger partial charge on any atom is 0.254 e. The Balaban J connectivity index is 2.06. The van der Waals surface area contributed by atoms with E-state index in [2.05, 4.69) is 13.8 Å². The van der Waals surface area contributed by atoms with Crippen LogP contribution in [0.4, 0.5) is 0 Å². The van der Waals surface area contributed by atoms with Crippen LogP contribution in [0.1, 0.15) is 49.9 Å². The average molecular weight is 361 g/mol. The fraction of sp³-hybridized carbons (Fsp3) is 0.333. The predicted molar refractivity (Wildman–Crippen MR) is 113 cm³/mol. The molecule has 1 heterocycles. The lowest BCUT2D eigenvalue weighted by atomic mass is 10.0. The summed E-state index contributed by atoms with van der Waals surface area (Å²) in [4.78, 5) is 20.3. The first-order valence-electron chi connectivity index (χ1n) is 9.99. The Hall–Kier alpha value is -2.68. The molecule has 27 heavy (non-hydrogen) atoms. The molecule has 0 unspecified atom stereocenters. The van der Waals surface area contributed by atoms with Gasteiger partial charge in [-0.25, -0.2) is 4.98 Å². The smallest absolute Gasteiger partial charge is 0.254 e. The van der Waals surface area contributed by atoms with Gasteiger partial charge in [-0.2, -0.15) is 0 Å².